The number of rotatable bonds is 6. The Kier molecular flexibility index (Phi) is 4.66. The maximum atomic E-state index is 11.1. The van der Waals surface area contributed by atoms with Crippen LogP contribution in [0.4, 0.5) is 0 Å². The Hall–Kier alpha value is -2.69. The molecule has 0 aliphatic heterocycles. The molecular weight excluding hydrogens is 272 g/mol. The molecule has 1 N–H and O–H groups in total. The fourth-order valence-electron chi connectivity index (χ4n) is 1.88. The fourth-order valence-corrected chi connectivity index (χ4v) is 1.88. The molecule has 0 aliphatic carbocycles. The minimum absolute atomic E-state index is 0.132. The van der Waals surface area contributed by atoms with Crippen molar-refractivity contribution in [2.45, 2.75) is 6.61 Å². The second-order valence-electron chi connectivity index (χ2n) is 4.31. The molecule has 5 heteroatoms. The summed E-state index contributed by atoms with van der Waals surface area (Å²) in [7, 11) is 3.14. The second kappa shape index (κ2) is 6.65. The lowest BCUT2D eigenvalue weighted by Gasteiger charge is -2.11. The smallest absolute Gasteiger partial charge is 0.339 e. The van der Waals surface area contributed by atoms with E-state index < -0.39 is 5.97 Å². The first-order chi connectivity index (χ1) is 10.1. The van der Waals surface area contributed by atoms with Crippen molar-refractivity contribution in [3.63, 3.8) is 0 Å². The van der Waals surface area contributed by atoms with E-state index >= 15 is 0 Å². The summed E-state index contributed by atoms with van der Waals surface area (Å²) in [5.41, 5.74) is 0.957. The predicted octanol–water partition coefficient (Wildman–Crippen LogP) is 2.98. The van der Waals surface area contributed by atoms with Gasteiger partial charge in [0, 0.05) is 6.07 Å². The van der Waals surface area contributed by atoms with Gasteiger partial charge < -0.3 is 19.3 Å². The van der Waals surface area contributed by atoms with Crippen molar-refractivity contribution in [3.8, 4) is 17.2 Å². The van der Waals surface area contributed by atoms with Crippen molar-refractivity contribution < 1.29 is 24.1 Å². The minimum atomic E-state index is -1.02. The Balaban J connectivity index is 2.18. The molecule has 5 nitrogen and oxygen atoms in total. The zero-order valence-corrected chi connectivity index (χ0v) is 11.8. The molecule has 0 radical (unpaired) electrons. The van der Waals surface area contributed by atoms with Gasteiger partial charge in [-0.3, -0.25) is 0 Å². The predicted molar refractivity (Wildman–Crippen MR) is 77.3 cm³/mol. The Morgan fingerprint density at radius 2 is 1.67 bits per heavy atom. The van der Waals surface area contributed by atoms with Gasteiger partial charge in [-0.05, 0) is 29.8 Å². The van der Waals surface area contributed by atoms with E-state index in [1.54, 1.807) is 38.5 Å². The van der Waals surface area contributed by atoms with Crippen LogP contribution in [0, 0.1) is 0 Å². The molecule has 0 fully saturated rings. The monoisotopic (exact) mass is 288 g/mol. The van der Waals surface area contributed by atoms with Crippen molar-refractivity contribution >= 4 is 5.97 Å². The van der Waals surface area contributed by atoms with Gasteiger partial charge in [0.05, 0.1) is 14.2 Å². The van der Waals surface area contributed by atoms with Gasteiger partial charge in [0.15, 0.2) is 0 Å². The number of para-hydroxylation sites is 1. The minimum Gasteiger partial charge on any atom is -0.497 e. The first kappa shape index (κ1) is 14.7. The highest BCUT2D eigenvalue weighted by Crippen LogP contribution is 2.24. The molecule has 0 bridgehead atoms. The molecule has 0 atom stereocenters. The van der Waals surface area contributed by atoms with Crippen LogP contribution in [-0.2, 0) is 6.61 Å². The molecule has 0 aliphatic rings. The Labute approximate surface area is 122 Å². The van der Waals surface area contributed by atoms with Crippen molar-refractivity contribution in [3.05, 3.63) is 53.6 Å². The van der Waals surface area contributed by atoms with Crippen LogP contribution in [0.5, 0.6) is 17.2 Å². The zero-order chi connectivity index (χ0) is 15.2. The quantitative estimate of drug-likeness (QED) is 0.885. The number of carboxylic acid groups (broad SMARTS) is 1. The van der Waals surface area contributed by atoms with Gasteiger partial charge in [-0.2, -0.15) is 0 Å². The number of carboxylic acids is 1. The summed E-state index contributed by atoms with van der Waals surface area (Å²) in [6.45, 7) is 0.220. The molecular formula is C16H16O5. The van der Waals surface area contributed by atoms with E-state index in [1.807, 2.05) is 12.1 Å². The van der Waals surface area contributed by atoms with Gasteiger partial charge in [0.2, 0.25) is 0 Å². The van der Waals surface area contributed by atoms with E-state index in [0.29, 0.717) is 17.2 Å². The molecule has 0 aromatic heterocycles. The number of hydrogen-bond donors (Lipinski definition) is 1. The Morgan fingerprint density at radius 3 is 2.24 bits per heavy atom. The van der Waals surface area contributed by atoms with Crippen molar-refractivity contribution in [1.82, 2.24) is 0 Å². The molecule has 2 aromatic rings. The first-order valence-corrected chi connectivity index (χ1v) is 6.31. The lowest BCUT2D eigenvalue weighted by molar-refractivity contribution is 0.0691. The molecule has 110 valence electrons. The standard InChI is InChI=1S/C16H16O5/c1-19-12-7-11(8-13(9-12)20-2)10-21-15-6-4-3-5-14(15)16(17)18/h3-9H,10H2,1-2H3,(H,17,18). The largest absolute Gasteiger partial charge is 0.497 e. The van der Waals surface area contributed by atoms with Gasteiger partial charge in [-0.1, -0.05) is 12.1 Å². The summed E-state index contributed by atoms with van der Waals surface area (Å²) in [6, 6.07) is 11.9. The normalized spacial score (nSPS) is 10.0. The zero-order valence-electron chi connectivity index (χ0n) is 11.8. The number of benzene rings is 2. The first-order valence-electron chi connectivity index (χ1n) is 6.31. The van der Waals surface area contributed by atoms with E-state index in [4.69, 9.17) is 19.3 Å². The van der Waals surface area contributed by atoms with Gasteiger partial charge in [-0.15, -0.1) is 0 Å². The van der Waals surface area contributed by atoms with Crippen molar-refractivity contribution in [2.75, 3.05) is 14.2 Å². The van der Waals surface area contributed by atoms with Gasteiger partial charge in [0.25, 0.3) is 0 Å². The highest BCUT2D eigenvalue weighted by Gasteiger charge is 2.10. The lowest BCUT2D eigenvalue weighted by atomic mass is 10.2. The SMILES string of the molecule is COc1cc(COc2ccccc2C(=O)O)cc(OC)c1. The summed E-state index contributed by atoms with van der Waals surface area (Å²) < 4.78 is 16.0. The molecule has 21 heavy (non-hydrogen) atoms. The van der Waals surface area contributed by atoms with Crippen LogP contribution in [0.2, 0.25) is 0 Å². The van der Waals surface area contributed by atoms with Crippen LogP contribution in [-0.4, -0.2) is 25.3 Å². The fraction of sp³-hybridized carbons (Fsp3) is 0.188. The summed E-state index contributed by atoms with van der Waals surface area (Å²) in [6.07, 6.45) is 0. The molecule has 0 unspecified atom stereocenters. The summed E-state index contributed by atoms with van der Waals surface area (Å²) in [4.78, 5) is 11.1. The van der Waals surface area contributed by atoms with Crippen molar-refractivity contribution in [1.29, 1.82) is 0 Å². The average molecular weight is 288 g/mol. The highest BCUT2D eigenvalue weighted by molar-refractivity contribution is 5.90. The van der Waals surface area contributed by atoms with Crippen LogP contribution in [0.3, 0.4) is 0 Å². The number of carbonyl (C=O) groups is 1. The number of hydrogen-bond acceptors (Lipinski definition) is 4. The number of aromatic carboxylic acids is 1. The molecule has 2 aromatic carbocycles. The summed E-state index contributed by atoms with van der Waals surface area (Å²) in [5.74, 6) is 0.611. The van der Waals surface area contributed by atoms with Crippen LogP contribution >= 0.6 is 0 Å². The summed E-state index contributed by atoms with van der Waals surface area (Å²) in [5, 5.41) is 9.11. The maximum absolute atomic E-state index is 11.1. The Morgan fingerprint density at radius 1 is 1.05 bits per heavy atom. The van der Waals surface area contributed by atoms with Gasteiger partial charge in [-0.25, -0.2) is 4.79 Å². The van der Waals surface area contributed by atoms with E-state index in [0.717, 1.165) is 5.56 Å². The third-order valence-electron chi connectivity index (χ3n) is 2.92. The third kappa shape index (κ3) is 3.66. The van der Waals surface area contributed by atoms with Crippen LogP contribution in [0.25, 0.3) is 0 Å². The van der Waals surface area contributed by atoms with Crippen molar-refractivity contribution in [2.24, 2.45) is 0 Å². The van der Waals surface area contributed by atoms with Crippen LogP contribution < -0.4 is 14.2 Å². The molecule has 0 spiro atoms. The molecule has 2 rings (SSSR count). The maximum Gasteiger partial charge on any atom is 0.339 e. The van der Waals surface area contributed by atoms with Crippen LogP contribution in [0.15, 0.2) is 42.5 Å². The molecule has 0 amide bonds. The average Bonchev–Trinajstić information content (AvgIpc) is 2.52. The third-order valence-corrected chi connectivity index (χ3v) is 2.92. The second-order valence-corrected chi connectivity index (χ2v) is 4.31. The van der Waals surface area contributed by atoms with E-state index in [1.165, 1.54) is 6.07 Å². The molecule has 0 saturated carbocycles. The Bertz CT molecular complexity index is 614. The van der Waals surface area contributed by atoms with Crippen LogP contribution in [0.1, 0.15) is 15.9 Å². The topological polar surface area (TPSA) is 65.0 Å². The molecule has 0 heterocycles. The van der Waals surface area contributed by atoms with E-state index in [2.05, 4.69) is 0 Å². The van der Waals surface area contributed by atoms with E-state index in [-0.39, 0.29) is 12.2 Å². The lowest BCUT2D eigenvalue weighted by Crippen LogP contribution is -2.03. The van der Waals surface area contributed by atoms with E-state index in [9.17, 15) is 4.79 Å². The van der Waals surface area contributed by atoms with Gasteiger partial charge in [0.1, 0.15) is 29.4 Å². The number of methoxy groups -OCH3 is 2. The number of ether oxygens (including phenoxy) is 3. The summed E-state index contributed by atoms with van der Waals surface area (Å²) >= 11 is 0. The molecule has 0 saturated heterocycles. The van der Waals surface area contributed by atoms with Gasteiger partial charge >= 0.3 is 5.97 Å². The highest BCUT2D eigenvalue weighted by atomic mass is 16.5.